The number of phenols is 1. The summed E-state index contributed by atoms with van der Waals surface area (Å²) in [5, 5.41) is 10.5. The molecule has 0 aliphatic carbocycles. The van der Waals surface area contributed by atoms with Crippen molar-refractivity contribution >= 4 is 11.6 Å². The lowest BCUT2D eigenvalue weighted by atomic mass is 9.85. The van der Waals surface area contributed by atoms with Gasteiger partial charge in [0.05, 0.1) is 10.7 Å². The Labute approximate surface area is 112 Å². The first-order valence-electron chi connectivity index (χ1n) is 5.84. The van der Waals surface area contributed by atoms with E-state index in [2.05, 4.69) is 25.8 Å². The Morgan fingerprint density at radius 2 is 1.89 bits per heavy atom. The predicted molar refractivity (Wildman–Crippen MR) is 75.0 cm³/mol. The van der Waals surface area contributed by atoms with Crippen molar-refractivity contribution in [2.24, 2.45) is 0 Å². The molecule has 94 valence electrons. The van der Waals surface area contributed by atoms with Crippen molar-refractivity contribution in [1.29, 1.82) is 0 Å². The summed E-state index contributed by atoms with van der Waals surface area (Å²) in [4.78, 5) is 4.24. The van der Waals surface area contributed by atoms with Gasteiger partial charge in [-0.05, 0) is 35.2 Å². The molecular weight excluding hydrogens is 246 g/mol. The first-order valence-corrected chi connectivity index (χ1v) is 6.22. The Bertz CT molecular complexity index is 573. The molecule has 1 aromatic carbocycles. The maximum atomic E-state index is 9.98. The van der Waals surface area contributed by atoms with Crippen LogP contribution in [0.15, 0.2) is 36.5 Å². The fourth-order valence-corrected chi connectivity index (χ4v) is 2.00. The molecule has 0 aliphatic rings. The van der Waals surface area contributed by atoms with Crippen LogP contribution in [0.25, 0.3) is 11.3 Å². The van der Waals surface area contributed by atoms with Crippen LogP contribution in [0.2, 0.25) is 5.02 Å². The highest BCUT2D eigenvalue weighted by Gasteiger charge is 2.17. The zero-order chi connectivity index (χ0) is 13.3. The molecule has 2 aromatic rings. The van der Waals surface area contributed by atoms with Crippen molar-refractivity contribution in [3.8, 4) is 17.0 Å². The Balaban J connectivity index is 2.61. The van der Waals surface area contributed by atoms with E-state index in [1.165, 1.54) is 0 Å². The van der Waals surface area contributed by atoms with Crippen LogP contribution in [0.5, 0.6) is 5.75 Å². The molecule has 1 aromatic heterocycles. The Morgan fingerprint density at radius 3 is 2.50 bits per heavy atom. The summed E-state index contributed by atoms with van der Waals surface area (Å²) < 4.78 is 0. The number of pyridine rings is 1. The van der Waals surface area contributed by atoms with Crippen molar-refractivity contribution in [3.05, 3.63) is 47.1 Å². The largest absolute Gasteiger partial charge is 0.507 e. The highest BCUT2D eigenvalue weighted by atomic mass is 35.5. The second kappa shape index (κ2) is 4.62. The van der Waals surface area contributed by atoms with Gasteiger partial charge in [0.25, 0.3) is 0 Å². The summed E-state index contributed by atoms with van der Waals surface area (Å²) in [6.07, 6.45) is 1.67. The Morgan fingerprint density at radius 1 is 1.17 bits per heavy atom. The zero-order valence-electron chi connectivity index (χ0n) is 10.7. The Hall–Kier alpha value is -1.54. The van der Waals surface area contributed by atoms with Gasteiger partial charge >= 0.3 is 0 Å². The summed E-state index contributed by atoms with van der Waals surface area (Å²) >= 11 is 6.12. The monoisotopic (exact) mass is 261 g/mol. The van der Waals surface area contributed by atoms with Crippen molar-refractivity contribution < 1.29 is 5.11 Å². The van der Waals surface area contributed by atoms with Gasteiger partial charge in [-0.25, -0.2) is 0 Å². The van der Waals surface area contributed by atoms with Crippen LogP contribution in [0.1, 0.15) is 26.3 Å². The summed E-state index contributed by atoms with van der Waals surface area (Å²) in [5.41, 5.74) is 2.44. The summed E-state index contributed by atoms with van der Waals surface area (Å²) in [6, 6.07) is 9.11. The van der Waals surface area contributed by atoms with E-state index >= 15 is 0 Å². The van der Waals surface area contributed by atoms with Crippen molar-refractivity contribution in [2.75, 3.05) is 0 Å². The maximum Gasteiger partial charge on any atom is 0.125 e. The third kappa shape index (κ3) is 2.49. The van der Waals surface area contributed by atoms with Gasteiger partial charge in [-0.3, -0.25) is 4.98 Å². The number of rotatable bonds is 1. The van der Waals surface area contributed by atoms with Gasteiger partial charge in [0, 0.05) is 11.8 Å². The zero-order valence-corrected chi connectivity index (χ0v) is 11.5. The van der Waals surface area contributed by atoms with Crippen molar-refractivity contribution in [2.45, 2.75) is 26.2 Å². The van der Waals surface area contributed by atoms with E-state index < -0.39 is 0 Å². The van der Waals surface area contributed by atoms with Gasteiger partial charge in [-0.2, -0.15) is 0 Å². The number of hydrogen-bond acceptors (Lipinski definition) is 2. The second-order valence-corrected chi connectivity index (χ2v) is 5.72. The minimum atomic E-state index is 0.0176. The number of nitrogens with zero attached hydrogens (tertiary/aromatic N) is 1. The minimum Gasteiger partial charge on any atom is -0.507 e. The van der Waals surface area contributed by atoms with Gasteiger partial charge in [0.1, 0.15) is 5.75 Å². The van der Waals surface area contributed by atoms with Crippen LogP contribution < -0.4 is 0 Å². The van der Waals surface area contributed by atoms with Gasteiger partial charge in [-0.15, -0.1) is 0 Å². The van der Waals surface area contributed by atoms with Crippen LogP contribution in [-0.2, 0) is 5.41 Å². The second-order valence-electron chi connectivity index (χ2n) is 5.32. The van der Waals surface area contributed by atoms with E-state index in [9.17, 15) is 5.11 Å². The molecule has 2 nitrogen and oxygen atoms in total. The molecule has 0 fully saturated rings. The normalized spacial score (nSPS) is 11.6. The molecular formula is C15H16ClNO. The van der Waals surface area contributed by atoms with E-state index in [4.69, 9.17) is 11.6 Å². The summed E-state index contributed by atoms with van der Waals surface area (Å²) in [7, 11) is 0. The highest BCUT2D eigenvalue weighted by molar-refractivity contribution is 6.33. The molecule has 0 spiro atoms. The number of benzene rings is 1. The number of aromatic hydroxyl groups is 1. The third-order valence-electron chi connectivity index (χ3n) is 2.88. The number of hydrogen-bond donors (Lipinski definition) is 1. The molecule has 0 saturated carbocycles. The highest BCUT2D eigenvalue weighted by Crippen LogP contribution is 2.35. The molecule has 0 aliphatic heterocycles. The maximum absolute atomic E-state index is 9.98. The van der Waals surface area contributed by atoms with Crippen LogP contribution in [0, 0.1) is 0 Å². The Kier molecular flexibility index (Phi) is 3.31. The van der Waals surface area contributed by atoms with E-state index in [1.807, 2.05) is 12.1 Å². The SMILES string of the molecule is CC(C)(C)c1ccc(O)c(-c2ncccc2Cl)c1. The van der Waals surface area contributed by atoms with E-state index in [0.717, 1.165) is 5.56 Å². The van der Waals surface area contributed by atoms with Gasteiger partial charge in [0.15, 0.2) is 0 Å². The molecule has 0 bridgehead atoms. The molecule has 0 radical (unpaired) electrons. The molecule has 1 heterocycles. The van der Waals surface area contributed by atoms with Crippen molar-refractivity contribution in [1.82, 2.24) is 4.98 Å². The number of phenolic OH excluding ortho intramolecular Hbond substituents is 1. The molecule has 18 heavy (non-hydrogen) atoms. The molecule has 1 N–H and O–H groups in total. The predicted octanol–water partition coefficient (Wildman–Crippen LogP) is 4.41. The molecule has 0 amide bonds. The average molecular weight is 262 g/mol. The van der Waals surface area contributed by atoms with E-state index in [-0.39, 0.29) is 11.2 Å². The molecule has 0 saturated heterocycles. The first kappa shape index (κ1) is 12.9. The van der Waals surface area contributed by atoms with Gasteiger partial charge < -0.3 is 5.11 Å². The van der Waals surface area contributed by atoms with Gasteiger partial charge in [0.2, 0.25) is 0 Å². The summed E-state index contributed by atoms with van der Waals surface area (Å²) in [5.74, 6) is 0.198. The summed E-state index contributed by atoms with van der Waals surface area (Å²) in [6.45, 7) is 6.38. The van der Waals surface area contributed by atoms with Gasteiger partial charge in [-0.1, -0.05) is 38.4 Å². The molecule has 2 rings (SSSR count). The van der Waals surface area contributed by atoms with E-state index in [1.54, 1.807) is 24.4 Å². The molecule has 0 unspecified atom stereocenters. The lowest BCUT2D eigenvalue weighted by Gasteiger charge is -2.20. The topological polar surface area (TPSA) is 33.1 Å². The van der Waals surface area contributed by atoms with Crippen molar-refractivity contribution in [3.63, 3.8) is 0 Å². The minimum absolute atomic E-state index is 0.0176. The van der Waals surface area contributed by atoms with Crippen LogP contribution >= 0.6 is 11.6 Å². The first-order chi connectivity index (χ1) is 8.39. The lowest BCUT2D eigenvalue weighted by Crippen LogP contribution is -2.10. The standard InChI is InChI=1S/C15H16ClNO/c1-15(2,3)10-6-7-13(18)11(9-10)14-12(16)5-4-8-17-14/h4-9,18H,1-3H3. The third-order valence-corrected chi connectivity index (χ3v) is 3.18. The average Bonchev–Trinajstić information content (AvgIpc) is 2.29. The number of halogens is 1. The van der Waals surface area contributed by atoms with Crippen LogP contribution in [0.4, 0.5) is 0 Å². The lowest BCUT2D eigenvalue weighted by molar-refractivity contribution is 0.476. The van der Waals surface area contributed by atoms with Crippen LogP contribution in [-0.4, -0.2) is 10.1 Å². The quantitative estimate of drug-likeness (QED) is 0.825. The smallest absolute Gasteiger partial charge is 0.125 e. The molecule has 0 atom stereocenters. The van der Waals surface area contributed by atoms with E-state index in [0.29, 0.717) is 16.3 Å². The number of aromatic nitrogens is 1. The fraction of sp³-hybridized carbons (Fsp3) is 0.267. The fourth-order valence-electron chi connectivity index (χ4n) is 1.78. The van der Waals surface area contributed by atoms with Crippen LogP contribution in [0.3, 0.4) is 0 Å². The molecule has 3 heteroatoms.